The zero-order valence-corrected chi connectivity index (χ0v) is 10.9. The van der Waals surface area contributed by atoms with Crippen molar-refractivity contribution in [1.82, 2.24) is 9.78 Å². The Morgan fingerprint density at radius 1 is 1.38 bits per heavy atom. The molecule has 3 heteroatoms. The minimum absolute atomic E-state index is 0.443. The number of nitrogens with zero attached hydrogens (tertiary/aromatic N) is 2. The Kier molecular flexibility index (Phi) is 3.22. The standard InChI is InChI=1S/C13H23N3/c1-9(2)16-11(4)13(10(3)15-16)14-8-12-6-5-7-12/h9,12,14H,5-8H2,1-4H3. The number of nitrogens with one attached hydrogen (secondary N) is 1. The Morgan fingerprint density at radius 3 is 2.50 bits per heavy atom. The molecule has 1 aliphatic rings. The molecule has 0 aliphatic heterocycles. The molecule has 0 unspecified atom stereocenters. The van der Waals surface area contributed by atoms with E-state index in [1.54, 1.807) is 0 Å². The van der Waals surface area contributed by atoms with E-state index < -0.39 is 0 Å². The smallest absolute Gasteiger partial charge is 0.0828 e. The van der Waals surface area contributed by atoms with Gasteiger partial charge < -0.3 is 5.32 Å². The molecule has 0 radical (unpaired) electrons. The molecular formula is C13H23N3. The highest BCUT2D eigenvalue weighted by Gasteiger charge is 2.19. The van der Waals surface area contributed by atoms with Gasteiger partial charge in [0, 0.05) is 12.6 Å². The van der Waals surface area contributed by atoms with Gasteiger partial charge >= 0.3 is 0 Å². The van der Waals surface area contributed by atoms with E-state index in [4.69, 9.17) is 0 Å². The number of hydrogen-bond acceptors (Lipinski definition) is 2. The normalized spacial score (nSPS) is 16.6. The summed E-state index contributed by atoms with van der Waals surface area (Å²) < 4.78 is 2.11. The van der Waals surface area contributed by atoms with Crippen LogP contribution in [0.5, 0.6) is 0 Å². The maximum atomic E-state index is 4.59. The van der Waals surface area contributed by atoms with Crippen LogP contribution in [0.25, 0.3) is 0 Å². The minimum Gasteiger partial charge on any atom is -0.382 e. The lowest BCUT2D eigenvalue weighted by Gasteiger charge is -2.26. The van der Waals surface area contributed by atoms with E-state index in [1.807, 2.05) is 0 Å². The number of aromatic nitrogens is 2. The Hall–Kier alpha value is -0.990. The zero-order chi connectivity index (χ0) is 11.7. The SMILES string of the molecule is Cc1nn(C(C)C)c(C)c1NCC1CCC1. The molecular weight excluding hydrogens is 198 g/mol. The average Bonchev–Trinajstić information content (AvgIpc) is 2.42. The maximum absolute atomic E-state index is 4.59. The third kappa shape index (κ3) is 2.08. The summed E-state index contributed by atoms with van der Waals surface area (Å²) in [4.78, 5) is 0. The molecule has 3 nitrogen and oxygen atoms in total. The van der Waals surface area contributed by atoms with Gasteiger partial charge in [-0.1, -0.05) is 6.42 Å². The van der Waals surface area contributed by atoms with Crippen LogP contribution in [0.3, 0.4) is 0 Å². The molecule has 1 fully saturated rings. The summed E-state index contributed by atoms with van der Waals surface area (Å²) in [7, 11) is 0. The van der Waals surface area contributed by atoms with Gasteiger partial charge in [0.25, 0.3) is 0 Å². The van der Waals surface area contributed by atoms with Crippen LogP contribution in [0.4, 0.5) is 5.69 Å². The number of anilines is 1. The Morgan fingerprint density at radius 2 is 2.06 bits per heavy atom. The topological polar surface area (TPSA) is 29.9 Å². The van der Waals surface area contributed by atoms with Crippen LogP contribution < -0.4 is 5.32 Å². The van der Waals surface area contributed by atoms with Gasteiger partial charge in [-0.15, -0.1) is 0 Å². The molecule has 0 amide bonds. The molecule has 0 aromatic carbocycles. The fraction of sp³-hybridized carbons (Fsp3) is 0.769. The molecule has 0 spiro atoms. The lowest BCUT2D eigenvalue weighted by atomic mass is 9.85. The van der Waals surface area contributed by atoms with Crippen molar-refractivity contribution in [3.05, 3.63) is 11.4 Å². The van der Waals surface area contributed by atoms with Gasteiger partial charge in [0.05, 0.1) is 17.1 Å². The van der Waals surface area contributed by atoms with Gasteiger partial charge in [-0.25, -0.2) is 0 Å². The first-order chi connectivity index (χ1) is 7.59. The molecule has 0 atom stereocenters. The van der Waals surface area contributed by atoms with Crippen molar-refractivity contribution in [1.29, 1.82) is 0 Å². The molecule has 1 aromatic heterocycles. The maximum Gasteiger partial charge on any atom is 0.0828 e. The quantitative estimate of drug-likeness (QED) is 0.845. The number of rotatable bonds is 4. The third-order valence-corrected chi connectivity index (χ3v) is 3.61. The molecule has 0 saturated heterocycles. The van der Waals surface area contributed by atoms with Gasteiger partial charge in [-0.3, -0.25) is 4.68 Å². The summed E-state index contributed by atoms with van der Waals surface area (Å²) in [6, 6.07) is 0.443. The van der Waals surface area contributed by atoms with Crippen LogP contribution in [0, 0.1) is 19.8 Å². The third-order valence-electron chi connectivity index (χ3n) is 3.61. The van der Waals surface area contributed by atoms with E-state index in [0.717, 1.165) is 18.2 Å². The summed E-state index contributed by atoms with van der Waals surface area (Å²) in [5, 5.41) is 8.16. The van der Waals surface area contributed by atoms with Crippen molar-refractivity contribution >= 4 is 5.69 Å². The van der Waals surface area contributed by atoms with Gasteiger partial charge in [-0.05, 0) is 46.5 Å². The monoisotopic (exact) mass is 221 g/mol. The van der Waals surface area contributed by atoms with Crippen LogP contribution in [-0.4, -0.2) is 16.3 Å². The number of aryl methyl sites for hydroxylation is 1. The van der Waals surface area contributed by atoms with Gasteiger partial charge in [0.1, 0.15) is 0 Å². The summed E-state index contributed by atoms with van der Waals surface area (Å²) in [5.74, 6) is 0.890. The van der Waals surface area contributed by atoms with E-state index in [0.29, 0.717) is 6.04 Å². The second kappa shape index (κ2) is 4.48. The predicted molar refractivity (Wildman–Crippen MR) is 67.9 cm³/mol. The van der Waals surface area contributed by atoms with Crippen LogP contribution in [0.15, 0.2) is 0 Å². The van der Waals surface area contributed by atoms with Crippen molar-refractivity contribution in [3.8, 4) is 0 Å². The highest BCUT2D eigenvalue weighted by molar-refractivity contribution is 5.52. The van der Waals surface area contributed by atoms with Crippen molar-refractivity contribution in [2.75, 3.05) is 11.9 Å². The van der Waals surface area contributed by atoms with Crippen LogP contribution in [0.1, 0.15) is 50.5 Å². The fourth-order valence-electron chi connectivity index (χ4n) is 2.36. The predicted octanol–water partition coefficient (Wildman–Crippen LogP) is 3.29. The van der Waals surface area contributed by atoms with Crippen LogP contribution >= 0.6 is 0 Å². The Labute approximate surface area is 98.2 Å². The first-order valence-electron chi connectivity index (χ1n) is 6.39. The number of hydrogen-bond donors (Lipinski definition) is 1. The first kappa shape index (κ1) is 11.5. The summed E-state index contributed by atoms with van der Waals surface area (Å²) in [6.45, 7) is 9.72. The van der Waals surface area contributed by atoms with E-state index in [2.05, 4.69) is 42.8 Å². The van der Waals surface area contributed by atoms with E-state index in [-0.39, 0.29) is 0 Å². The molecule has 90 valence electrons. The van der Waals surface area contributed by atoms with Gasteiger partial charge in [0.15, 0.2) is 0 Å². The molecule has 2 rings (SSSR count). The van der Waals surface area contributed by atoms with Gasteiger partial charge in [-0.2, -0.15) is 5.10 Å². The second-order valence-corrected chi connectivity index (χ2v) is 5.26. The van der Waals surface area contributed by atoms with E-state index in [9.17, 15) is 0 Å². The van der Waals surface area contributed by atoms with Crippen LogP contribution in [-0.2, 0) is 0 Å². The van der Waals surface area contributed by atoms with Crippen molar-refractivity contribution in [2.45, 2.75) is 53.0 Å². The summed E-state index contributed by atoms with van der Waals surface area (Å²) >= 11 is 0. The zero-order valence-electron chi connectivity index (χ0n) is 10.9. The highest BCUT2D eigenvalue weighted by Crippen LogP contribution is 2.28. The molecule has 0 bridgehead atoms. The second-order valence-electron chi connectivity index (χ2n) is 5.26. The molecule has 1 aliphatic carbocycles. The summed E-state index contributed by atoms with van der Waals surface area (Å²) in [5.41, 5.74) is 3.65. The molecule has 1 saturated carbocycles. The molecule has 1 aromatic rings. The molecule has 1 N–H and O–H groups in total. The fourth-order valence-corrected chi connectivity index (χ4v) is 2.36. The van der Waals surface area contributed by atoms with Gasteiger partial charge in [0.2, 0.25) is 0 Å². The first-order valence-corrected chi connectivity index (χ1v) is 6.39. The van der Waals surface area contributed by atoms with E-state index >= 15 is 0 Å². The van der Waals surface area contributed by atoms with Crippen LogP contribution in [0.2, 0.25) is 0 Å². The lowest BCUT2D eigenvalue weighted by molar-refractivity contribution is 0.333. The lowest BCUT2D eigenvalue weighted by Crippen LogP contribution is -2.21. The average molecular weight is 221 g/mol. The molecule has 16 heavy (non-hydrogen) atoms. The highest BCUT2D eigenvalue weighted by atomic mass is 15.3. The molecule has 1 heterocycles. The van der Waals surface area contributed by atoms with Crippen molar-refractivity contribution in [2.24, 2.45) is 5.92 Å². The Balaban J connectivity index is 2.07. The summed E-state index contributed by atoms with van der Waals surface area (Å²) in [6.07, 6.45) is 4.20. The minimum atomic E-state index is 0.443. The largest absolute Gasteiger partial charge is 0.382 e. The van der Waals surface area contributed by atoms with Crippen molar-refractivity contribution < 1.29 is 0 Å². The Bertz CT molecular complexity index is 361. The van der Waals surface area contributed by atoms with E-state index in [1.165, 1.54) is 30.6 Å². The van der Waals surface area contributed by atoms with Crippen molar-refractivity contribution in [3.63, 3.8) is 0 Å².